The number of aryl methyl sites for hydroxylation is 2. The molecule has 2 heterocycles. The molecule has 26 heavy (non-hydrogen) atoms. The van der Waals surface area contributed by atoms with Crippen LogP contribution in [-0.4, -0.2) is 23.0 Å². The van der Waals surface area contributed by atoms with Crippen LogP contribution in [0.1, 0.15) is 67.0 Å². The van der Waals surface area contributed by atoms with Crippen molar-refractivity contribution in [2.45, 2.75) is 65.3 Å². The summed E-state index contributed by atoms with van der Waals surface area (Å²) in [6, 6.07) is 11.4. The van der Waals surface area contributed by atoms with Crippen LogP contribution in [0.25, 0.3) is 0 Å². The van der Waals surface area contributed by atoms with Gasteiger partial charge in [-0.05, 0) is 74.4 Å². The van der Waals surface area contributed by atoms with Gasteiger partial charge in [-0.2, -0.15) is 0 Å². The Bertz CT molecular complexity index is 700. The second kappa shape index (κ2) is 9.18. The summed E-state index contributed by atoms with van der Waals surface area (Å²) in [7, 11) is 0. The van der Waals surface area contributed by atoms with E-state index < -0.39 is 0 Å². The van der Waals surface area contributed by atoms with Crippen LogP contribution in [-0.2, 0) is 19.4 Å². The molecule has 0 radical (unpaired) electrons. The summed E-state index contributed by atoms with van der Waals surface area (Å²) in [6.07, 6.45) is 8.34. The molecule has 3 nitrogen and oxygen atoms in total. The first-order valence-corrected chi connectivity index (χ1v) is 10.2. The highest BCUT2D eigenvalue weighted by Gasteiger charge is 2.12. The number of aromatic nitrogens is 1. The lowest BCUT2D eigenvalue weighted by Crippen LogP contribution is -2.18. The van der Waals surface area contributed by atoms with E-state index in [1.54, 1.807) is 0 Å². The first-order valence-electron chi connectivity index (χ1n) is 10.2. The number of likely N-dealkylation sites (tertiary alicyclic amines) is 1. The minimum absolute atomic E-state index is 0.711. The molecular weight excluding hydrogens is 318 g/mol. The fourth-order valence-corrected chi connectivity index (χ4v) is 3.84. The van der Waals surface area contributed by atoms with Crippen molar-refractivity contribution in [1.82, 2.24) is 9.88 Å². The highest BCUT2D eigenvalue weighted by molar-refractivity contribution is 5.45. The van der Waals surface area contributed by atoms with E-state index in [-0.39, 0.29) is 0 Å². The van der Waals surface area contributed by atoms with Crippen LogP contribution in [0.2, 0.25) is 0 Å². The van der Waals surface area contributed by atoms with Crippen LogP contribution in [0.4, 0.5) is 5.82 Å². The van der Waals surface area contributed by atoms with Crippen molar-refractivity contribution in [2.75, 3.05) is 18.8 Å². The number of hydrogen-bond donors (Lipinski definition) is 1. The number of unbranched alkanes of at least 4 members (excludes halogenated alkanes) is 2. The number of anilines is 1. The van der Waals surface area contributed by atoms with Gasteiger partial charge in [-0.15, -0.1) is 0 Å². The van der Waals surface area contributed by atoms with Crippen LogP contribution in [0, 0.1) is 6.92 Å². The summed E-state index contributed by atoms with van der Waals surface area (Å²) in [4.78, 5) is 7.15. The Morgan fingerprint density at radius 3 is 2.38 bits per heavy atom. The largest absolute Gasteiger partial charge is 0.383 e. The molecule has 140 valence electrons. The average molecular weight is 352 g/mol. The molecule has 0 unspecified atom stereocenters. The number of benzene rings is 1. The van der Waals surface area contributed by atoms with Crippen molar-refractivity contribution < 1.29 is 0 Å². The number of nitrogens with zero attached hydrogens (tertiary/aromatic N) is 2. The molecule has 1 aliphatic rings. The van der Waals surface area contributed by atoms with Gasteiger partial charge in [0.15, 0.2) is 0 Å². The first-order chi connectivity index (χ1) is 12.7. The van der Waals surface area contributed by atoms with E-state index >= 15 is 0 Å². The summed E-state index contributed by atoms with van der Waals surface area (Å²) in [5.41, 5.74) is 12.5. The minimum atomic E-state index is 0.711. The molecule has 1 aromatic heterocycles. The van der Waals surface area contributed by atoms with Crippen molar-refractivity contribution in [2.24, 2.45) is 0 Å². The van der Waals surface area contributed by atoms with E-state index in [4.69, 9.17) is 5.73 Å². The number of nitrogens with two attached hydrogens (primary N) is 1. The van der Waals surface area contributed by atoms with Gasteiger partial charge in [0.2, 0.25) is 0 Å². The Balaban J connectivity index is 1.66. The lowest BCUT2D eigenvalue weighted by Gasteiger charge is -2.15. The van der Waals surface area contributed by atoms with Crippen LogP contribution >= 0.6 is 0 Å². The van der Waals surface area contributed by atoms with Gasteiger partial charge in [-0.3, -0.25) is 4.90 Å². The molecule has 0 saturated carbocycles. The summed E-state index contributed by atoms with van der Waals surface area (Å²) in [6.45, 7) is 7.89. The van der Waals surface area contributed by atoms with Crippen molar-refractivity contribution in [3.8, 4) is 0 Å². The normalized spacial score (nSPS) is 14.8. The maximum atomic E-state index is 6.15. The van der Waals surface area contributed by atoms with Gasteiger partial charge < -0.3 is 5.73 Å². The molecule has 0 aliphatic carbocycles. The zero-order valence-corrected chi connectivity index (χ0v) is 16.4. The van der Waals surface area contributed by atoms with Crippen molar-refractivity contribution in [3.63, 3.8) is 0 Å². The van der Waals surface area contributed by atoms with Crippen LogP contribution in [0.5, 0.6) is 0 Å². The number of rotatable bonds is 8. The zero-order chi connectivity index (χ0) is 18.4. The van der Waals surface area contributed by atoms with Gasteiger partial charge in [-0.1, -0.05) is 50.1 Å². The van der Waals surface area contributed by atoms with Gasteiger partial charge in [0.05, 0.1) is 0 Å². The molecule has 3 heteroatoms. The molecule has 1 fully saturated rings. The van der Waals surface area contributed by atoms with E-state index in [2.05, 4.69) is 54.1 Å². The summed E-state index contributed by atoms with van der Waals surface area (Å²) >= 11 is 0. The van der Waals surface area contributed by atoms with Crippen LogP contribution in [0.3, 0.4) is 0 Å². The van der Waals surface area contributed by atoms with E-state index in [1.165, 1.54) is 67.4 Å². The lowest BCUT2D eigenvalue weighted by atomic mass is 9.99. The van der Waals surface area contributed by atoms with E-state index in [9.17, 15) is 0 Å². The maximum Gasteiger partial charge on any atom is 0.126 e. The molecule has 1 aliphatic heterocycles. The van der Waals surface area contributed by atoms with Crippen molar-refractivity contribution in [1.29, 1.82) is 0 Å². The van der Waals surface area contributed by atoms with Gasteiger partial charge in [-0.25, -0.2) is 4.98 Å². The molecule has 0 spiro atoms. The smallest absolute Gasteiger partial charge is 0.126 e. The highest BCUT2D eigenvalue weighted by Crippen LogP contribution is 2.21. The van der Waals surface area contributed by atoms with Crippen molar-refractivity contribution in [3.05, 3.63) is 58.3 Å². The molecule has 2 aromatic rings. The van der Waals surface area contributed by atoms with Gasteiger partial charge in [0.25, 0.3) is 0 Å². The molecule has 1 saturated heterocycles. The monoisotopic (exact) mass is 351 g/mol. The maximum absolute atomic E-state index is 6.15. The molecule has 0 bridgehead atoms. The zero-order valence-electron chi connectivity index (χ0n) is 16.4. The molecule has 3 rings (SSSR count). The third kappa shape index (κ3) is 5.07. The molecule has 1 aromatic carbocycles. The summed E-state index contributed by atoms with van der Waals surface area (Å²) in [5.74, 6) is 0.711. The third-order valence-corrected chi connectivity index (χ3v) is 5.50. The number of hydrogen-bond acceptors (Lipinski definition) is 3. The quantitative estimate of drug-likeness (QED) is 0.688. The van der Waals surface area contributed by atoms with E-state index in [0.717, 1.165) is 25.1 Å². The topological polar surface area (TPSA) is 42.2 Å². The summed E-state index contributed by atoms with van der Waals surface area (Å²) < 4.78 is 0. The van der Waals surface area contributed by atoms with Crippen molar-refractivity contribution >= 4 is 5.82 Å². The second-order valence-electron chi connectivity index (χ2n) is 7.71. The number of pyridine rings is 1. The SMILES string of the molecule is CCCCCc1cc(Cc2ccc(CN3CCCC3)cc2)c(C)nc1N. The summed E-state index contributed by atoms with van der Waals surface area (Å²) in [5, 5.41) is 0. The van der Waals surface area contributed by atoms with Gasteiger partial charge in [0.1, 0.15) is 5.82 Å². The highest BCUT2D eigenvalue weighted by atomic mass is 15.1. The molecule has 0 amide bonds. The predicted molar refractivity (Wildman–Crippen MR) is 110 cm³/mol. The first kappa shape index (κ1) is 18.9. The minimum Gasteiger partial charge on any atom is -0.383 e. The Morgan fingerprint density at radius 1 is 1.00 bits per heavy atom. The lowest BCUT2D eigenvalue weighted by molar-refractivity contribution is 0.331. The fourth-order valence-electron chi connectivity index (χ4n) is 3.84. The second-order valence-corrected chi connectivity index (χ2v) is 7.71. The predicted octanol–water partition coefficient (Wildman–Crippen LogP) is 4.89. The Labute approximate surface area is 158 Å². The Morgan fingerprint density at radius 2 is 1.69 bits per heavy atom. The molecule has 0 atom stereocenters. The van der Waals surface area contributed by atoms with Crippen LogP contribution in [0.15, 0.2) is 30.3 Å². The average Bonchev–Trinajstić information content (AvgIpc) is 3.13. The molecular formula is C23H33N3. The van der Waals surface area contributed by atoms with E-state index in [1.807, 2.05) is 0 Å². The Kier molecular flexibility index (Phi) is 6.67. The molecule has 2 N–H and O–H groups in total. The van der Waals surface area contributed by atoms with E-state index in [0.29, 0.717) is 5.82 Å². The van der Waals surface area contributed by atoms with Crippen LogP contribution < -0.4 is 5.73 Å². The number of nitrogen functional groups attached to an aromatic ring is 1. The van der Waals surface area contributed by atoms with Gasteiger partial charge >= 0.3 is 0 Å². The van der Waals surface area contributed by atoms with Gasteiger partial charge in [0, 0.05) is 12.2 Å². The Hall–Kier alpha value is -1.87. The standard InChI is InChI=1S/C23H33N3/c1-3-4-5-8-21-16-22(18(2)25-23(21)24)15-19-9-11-20(12-10-19)17-26-13-6-7-14-26/h9-12,16H,3-8,13-15,17H2,1-2H3,(H2,24,25). The third-order valence-electron chi connectivity index (χ3n) is 5.50. The fraction of sp³-hybridized carbons (Fsp3) is 0.522.